The summed E-state index contributed by atoms with van der Waals surface area (Å²) in [6.07, 6.45) is 0.689. The van der Waals surface area contributed by atoms with Crippen molar-refractivity contribution in [2.45, 2.75) is 18.4 Å². The van der Waals surface area contributed by atoms with Gasteiger partial charge in [-0.15, -0.1) is 0 Å². The zero-order chi connectivity index (χ0) is 15.1. The Labute approximate surface area is 128 Å². The number of carbonyl (C=O) groups excluding carboxylic acids is 1. The van der Waals surface area contributed by atoms with Crippen molar-refractivity contribution >= 4 is 5.91 Å². The van der Waals surface area contributed by atoms with Crippen LogP contribution in [0.15, 0.2) is 48.5 Å². The summed E-state index contributed by atoms with van der Waals surface area (Å²) in [4.78, 5) is 12.2. The van der Waals surface area contributed by atoms with Gasteiger partial charge < -0.3 is 10.1 Å². The minimum absolute atomic E-state index is 0.000780. The van der Waals surface area contributed by atoms with E-state index >= 15 is 0 Å². The molecule has 3 atom stereocenters. The van der Waals surface area contributed by atoms with Crippen molar-refractivity contribution in [1.82, 2.24) is 5.32 Å². The van der Waals surface area contributed by atoms with Crippen LogP contribution in [0.3, 0.4) is 0 Å². The summed E-state index contributed by atoms with van der Waals surface area (Å²) in [7, 11) is 0. The lowest BCUT2D eigenvalue weighted by Crippen LogP contribution is -2.29. The molecule has 3 nitrogen and oxygen atoms in total. The molecule has 4 heteroatoms. The minimum atomic E-state index is -0.280. The second-order valence-electron chi connectivity index (χ2n) is 5.84. The topological polar surface area (TPSA) is 38.3 Å². The van der Waals surface area contributed by atoms with Gasteiger partial charge in [-0.05, 0) is 30.2 Å². The average molecular weight is 297 g/mol. The maximum Gasteiger partial charge on any atom is 0.227 e. The molecule has 1 aliphatic heterocycles. The van der Waals surface area contributed by atoms with E-state index in [4.69, 9.17) is 4.74 Å². The highest BCUT2D eigenvalue weighted by molar-refractivity contribution is 5.85. The number of rotatable bonds is 4. The van der Waals surface area contributed by atoms with E-state index in [0.29, 0.717) is 12.3 Å². The molecule has 1 saturated carbocycles. The number of ether oxygens (including phenoxy) is 1. The summed E-state index contributed by atoms with van der Waals surface area (Å²) < 4.78 is 19.0. The number of benzene rings is 2. The van der Waals surface area contributed by atoms with Gasteiger partial charge in [0.2, 0.25) is 5.91 Å². The van der Waals surface area contributed by atoms with E-state index in [0.717, 1.165) is 12.0 Å². The highest BCUT2D eigenvalue weighted by Crippen LogP contribution is 2.58. The number of hydrogen-bond donors (Lipinski definition) is 1. The molecule has 1 amide bonds. The fourth-order valence-electron chi connectivity index (χ4n) is 3.24. The summed E-state index contributed by atoms with van der Waals surface area (Å²) in [5.74, 6) is 0.274. The van der Waals surface area contributed by atoms with Crippen LogP contribution in [0, 0.1) is 11.7 Å². The Balaban J connectivity index is 1.34. The second kappa shape index (κ2) is 5.13. The number of amides is 1. The molecule has 0 bridgehead atoms. The van der Waals surface area contributed by atoms with Crippen LogP contribution in [0.5, 0.6) is 5.75 Å². The first-order valence-corrected chi connectivity index (χ1v) is 7.52. The normalized spacial score (nSPS) is 24.1. The molecule has 0 aromatic heterocycles. The number of nitrogens with one attached hydrogen (secondary N) is 1. The highest BCUT2D eigenvalue weighted by Gasteiger charge is 2.62. The first-order valence-electron chi connectivity index (χ1n) is 7.52. The molecule has 1 heterocycles. The summed E-state index contributed by atoms with van der Waals surface area (Å²) in [5.41, 5.74) is 2.02. The molecule has 112 valence electrons. The van der Waals surface area contributed by atoms with Crippen LogP contribution < -0.4 is 10.1 Å². The van der Waals surface area contributed by atoms with Crippen molar-refractivity contribution in [1.29, 1.82) is 0 Å². The lowest BCUT2D eigenvalue weighted by atomic mass is 10.1. The van der Waals surface area contributed by atoms with Gasteiger partial charge in [0, 0.05) is 18.0 Å². The molecular weight excluding hydrogens is 281 g/mol. The van der Waals surface area contributed by atoms with Crippen molar-refractivity contribution in [2.24, 2.45) is 5.92 Å². The van der Waals surface area contributed by atoms with Gasteiger partial charge in [-0.1, -0.05) is 30.3 Å². The molecule has 2 aromatic rings. The van der Waals surface area contributed by atoms with Crippen molar-refractivity contribution in [3.8, 4) is 5.75 Å². The van der Waals surface area contributed by atoms with Gasteiger partial charge in [-0.3, -0.25) is 4.79 Å². The molecule has 2 aromatic carbocycles. The first-order chi connectivity index (χ1) is 10.7. The molecule has 0 saturated heterocycles. The monoisotopic (exact) mass is 297 g/mol. The van der Waals surface area contributed by atoms with Gasteiger partial charge in [0.05, 0.1) is 5.92 Å². The quantitative estimate of drug-likeness (QED) is 0.942. The van der Waals surface area contributed by atoms with Crippen LogP contribution in [0.4, 0.5) is 4.39 Å². The third-order valence-electron chi connectivity index (χ3n) is 4.41. The summed E-state index contributed by atoms with van der Waals surface area (Å²) in [6, 6.07) is 14.5. The van der Waals surface area contributed by atoms with E-state index in [9.17, 15) is 9.18 Å². The molecule has 0 spiro atoms. The van der Waals surface area contributed by atoms with Crippen molar-refractivity contribution in [3.05, 3.63) is 65.5 Å². The molecule has 1 N–H and O–H groups in total. The van der Waals surface area contributed by atoms with Crippen molar-refractivity contribution in [2.75, 3.05) is 6.54 Å². The molecule has 0 radical (unpaired) electrons. The molecule has 2 aliphatic rings. The molecule has 1 fully saturated rings. The highest BCUT2D eigenvalue weighted by atomic mass is 19.1. The molecule has 1 aliphatic carbocycles. The van der Waals surface area contributed by atoms with Crippen molar-refractivity contribution < 1.29 is 13.9 Å². The Kier molecular flexibility index (Phi) is 3.10. The summed E-state index contributed by atoms with van der Waals surface area (Å²) in [6.45, 7) is 0.606. The molecular formula is C18H16FNO2. The zero-order valence-electron chi connectivity index (χ0n) is 12.0. The second-order valence-corrected chi connectivity index (χ2v) is 5.84. The predicted octanol–water partition coefficient (Wildman–Crippen LogP) is 2.66. The van der Waals surface area contributed by atoms with Gasteiger partial charge in [0.25, 0.3) is 0 Å². The van der Waals surface area contributed by atoms with Gasteiger partial charge >= 0.3 is 0 Å². The predicted molar refractivity (Wildman–Crippen MR) is 80.2 cm³/mol. The number of carbonyl (C=O) groups is 1. The molecule has 22 heavy (non-hydrogen) atoms. The zero-order valence-corrected chi connectivity index (χ0v) is 12.0. The van der Waals surface area contributed by atoms with Crippen molar-refractivity contribution in [3.63, 3.8) is 0 Å². The lowest BCUT2D eigenvalue weighted by Gasteiger charge is -2.09. The van der Waals surface area contributed by atoms with Crippen LogP contribution in [-0.4, -0.2) is 18.6 Å². The fourth-order valence-corrected chi connectivity index (χ4v) is 3.24. The lowest BCUT2D eigenvalue weighted by molar-refractivity contribution is -0.123. The maximum absolute atomic E-state index is 13.3. The Morgan fingerprint density at radius 3 is 2.82 bits per heavy atom. The fraction of sp³-hybridized carbons (Fsp3) is 0.278. The van der Waals surface area contributed by atoms with E-state index in [1.807, 2.05) is 30.3 Å². The Morgan fingerprint density at radius 1 is 1.18 bits per heavy atom. The Hall–Kier alpha value is -2.36. The Morgan fingerprint density at radius 2 is 2.00 bits per heavy atom. The molecule has 4 rings (SSSR count). The largest absolute Gasteiger partial charge is 0.489 e. The van der Waals surface area contributed by atoms with Crippen LogP contribution >= 0.6 is 0 Å². The Bertz CT molecular complexity index is 716. The van der Waals surface area contributed by atoms with E-state index in [2.05, 4.69) is 5.32 Å². The first kappa shape index (κ1) is 13.3. The van der Waals surface area contributed by atoms with Crippen LogP contribution in [0.25, 0.3) is 0 Å². The summed E-state index contributed by atoms with van der Waals surface area (Å²) >= 11 is 0. The minimum Gasteiger partial charge on any atom is -0.489 e. The average Bonchev–Trinajstić information content (AvgIpc) is 3.13. The van der Waals surface area contributed by atoms with E-state index < -0.39 is 0 Å². The molecule has 3 unspecified atom stereocenters. The van der Waals surface area contributed by atoms with E-state index in [-0.39, 0.29) is 29.7 Å². The number of halogens is 1. The third kappa shape index (κ3) is 2.25. The smallest absolute Gasteiger partial charge is 0.227 e. The standard InChI is InChI=1S/C18H16FNO2/c19-12-6-7-14-13(10-12)15-16(17(15)22-14)18(21)20-9-8-11-4-2-1-3-5-11/h1-7,10,15-17H,8-9H2,(H,20,21). The van der Waals surface area contributed by atoms with Gasteiger partial charge in [0.15, 0.2) is 0 Å². The SMILES string of the molecule is O=C(NCCc1ccccc1)C1C2Oc3ccc(F)cc3C21. The van der Waals surface area contributed by atoms with Gasteiger partial charge in [-0.25, -0.2) is 4.39 Å². The number of fused-ring (bicyclic) bond motifs is 3. The summed E-state index contributed by atoms with van der Waals surface area (Å²) in [5, 5.41) is 2.95. The van der Waals surface area contributed by atoms with Crippen LogP contribution in [-0.2, 0) is 11.2 Å². The number of hydrogen-bond acceptors (Lipinski definition) is 2. The van der Waals surface area contributed by atoms with E-state index in [1.165, 1.54) is 17.7 Å². The maximum atomic E-state index is 13.3. The third-order valence-corrected chi connectivity index (χ3v) is 4.41. The van der Waals surface area contributed by atoms with Crippen LogP contribution in [0.1, 0.15) is 17.0 Å². The van der Waals surface area contributed by atoms with Crippen LogP contribution in [0.2, 0.25) is 0 Å². The van der Waals surface area contributed by atoms with Gasteiger partial charge in [0.1, 0.15) is 17.7 Å². The van der Waals surface area contributed by atoms with Gasteiger partial charge in [-0.2, -0.15) is 0 Å². The van der Waals surface area contributed by atoms with E-state index in [1.54, 1.807) is 6.07 Å².